The van der Waals surface area contributed by atoms with Crippen molar-refractivity contribution in [2.24, 2.45) is 11.7 Å². The van der Waals surface area contributed by atoms with Crippen molar-refractivity contribution in [2.75, 3.05) is 5.75 Å². The quantitative estimate of drug-likeness (QED) is 0.840. The second-order valence-electron chi connectivity index (χ2n) is 4.33. The number of hydrogen-bond acceptors (Lipinski definition) is 3. The van der Waals surface area contributed by atoms with Crippen LogP contribution in [-0.2, 0) is 0 Å². The molecule has 1 atom stereocenters. The third-order valence-corrected chi connectivity index (χ3v) is 4.44. The average Bonchev–Trinajstić information content (AvgIpc) is 2.81. The summed E-state index contributed by atoms with van der Waals surface area (Å²) < 4.78 is 0. The molecule has 0 bridgehead atoms. The van der Waals surface area contributed by atoms with E-state index in [0.717, 1.165) is 16.7 Å². The molecule has 0 amide bonds. The van der Waals surface area contributed by atoms with Crippen LogP contribution in [0.5, 0.6) is 0 Å². The van der Waals surface area contributed by atoms with Crippen molar-refractivity contribution in [1.29, 1.82) is 0 Å². The molecule has 1 aliphatic rings. The Morgan fingerprint density at radius 2 is 2.19 bits per heavy atom. The minimum absolute atomic E-state index is 0.310. The van der Waals surface area contributed by atoms with Gasteiger partial charge < -0.3 is 5.73 Å². The second-order valence-corrected chi connectivity index (χ2v) is 5.81. The fourth-order valence-electron chi connectivity index (χ4n) is 2.15. The van der Waals surface area contributed by atoms with Gasteiger partial charge >= 0.3 is 0 Å². The summed E-state index contributed by atoms with van der Waals surface area (Å²) in [5.41, 5.74) is 6.18. The lowest BCUT2D eigenvalue weighted by molar-refractivity contribution is 0.463. The molecule has 2 rings (SSSR count). The molecule has 0 aliphatic heterocycles. The van der Waals surface area contributed by atoms with Gasteiger partial charge in [0.15, 0.2) is 0 Å². The standard InChI is InChI=1S/C12H17ClN2S/c13-10-5-6-12(15-7-10)16-8-11(14)9-3-1-2-4-9/h5-7,9,11H,1-4,8,14H2. The maximum Gasteiger partial charge on any atom is 0.0961 e. The predicted octanol–water partition coefficient (Wildman–Crippen LogP) is 3.34. The molecule has 4 heteroatoms. The Balaban J connectivity index is 1.80. The van der Waals surface area contributed by atoms with Crippen LogP contribution in [-0.4, -0.2) is 16.8 Å². The van der Waals surface area contributed by atoms with Crippen molar-refractivity contribution in [3.05, 3.63) is 23.4 Å². The molecule has 0 saturated heterocycles. The van der Waals surface area contributed by atoms with Gasteiger partial charge in [0.05, 0.1) is 10.0 Å². The highest BCUT2D eigenvalue weighted by Gasteiger charge is 2.21. The molecule has 0 spiro atoms. The summed E-state index contributed by atoms with van der Waals surface area (Å²) in [6.45, 7) is 0. The zero-order chi connectivity index (χ0) is 11.4. The van der Waals surface area contributed by atoms with Crippen molar-refractivity contribution >= 4 is 23.4 Å². The minimum atomic E-state index is 0.310. The SMILES string of the molecule is NC(CSc1ccc(Cl)cn1)C1CCCC1. The minimum Gasteiger partial charge on any atom is -0.327 e. The van der Waals surface area contributed by atoms with Gasteiger partial charge in [0.25, 0.3) is 0 Å². The fourth-order valence-corrected chi connectivity index (χ4v) is 3.19. The Morgan fingerprint density at radius 3 is 2.81 bits per heavy atom. The van der Waals surface area contributed by atoms with Crippen LogP contribution >= 0.6 is 23.4 Å². The largest absolute Gasteiger partial charge is 0.327 e. The van der Waals surface area contributed by atoms with Crippen LogP contribution in [0.15, 0.2) is 23.4 Å². The maximum absolute atomic E-state index is 6.18. The maximum atomic E-state index is 6.18. The lowest BCUT2D eigenvalue weighted by Crippen LogP contribution is -2.30. The number of thioether (sulfide) groups is 1. The van der Waals surface area contributed by atoms with Gasteiger partial charge in [-0.2, -0.15) is 0 Å². The van der Waals surface area contributed by atoms with E-state index in [-0.39, 0.29) is 0 Å². The van der Waals surface area contributed by atoms with E-state index in [0.29, 0.717) is 11.1 Å². The molecule has 88 valence electrons. The number of nitrogens with zero attached hydrogens (tertiary/aromatic N) is 1. The molecule has 1 heterocycles. The van der Waals surface area contributed by atoms with E-state index in [4.69, 9.17) is 17.3 Å². The third-order valence-electron chi connectivity index (χ3n) is 3.13. The number of hydrogen-bond donors (Lipinski definition) is 1. The van der Waals surface area contributed by atoms with Crippen molar-refractivity contribution < 1.29 is 0 Å². The number of pyridine rings is 1. The second kappa shape index (κ2) is 5.89. The highest BCUT2D eigenvalue weighted by molar-refractivity contribution is 7.99. The first-order valence-electron chi connectivity index (χ1n) is 5.75. The third kappa shape index (κ3) is 3.37. The van der Waals surface area contributed by atoms with E-state index in [9.17, 15) is 0 Å². The van der Waals surface area contributed by atoms with Gasteiger partial charge in [-0.3, -0.25) is 0 Å². The molecule has 2 N–H and O–H groups in total. The predicted molar refractivity (Wildman–Crippen MR) is 69.9 cm³/mol. The number of rotatable bonds is 4. The highest BCUT2D eigenvalue weighted by Crippen LogP contribution is 2.29. The lowest BCUT2D eigenvalue weighted by atomic mass is 10.0. The van der Waals surface area contributed by atoms with E-state index in [2.05, 4.69) is 4.98 Å². The summed E-state index contributed by atoms with van der Waals surface area (Å²) in [6, 6.07) is 4.14. The van der Waals surface area contributed by atoms with Crippen LogP contribution in [0.4, 0.5) is 0 Å². The van der Waals surface area contributed by atoms with E-state index < -0.39 is 0 Å². The monoisotopic (exact) mass is 256 g/mol. The zero-order valence-corrected chi connectivity index (χ0v) is 10.8. The van der Waals surface area contributed by atoms with Gasteiger partial charge in [-0.25, -0.2) is 4.98 Å². The molecule has 0 aromatic carbocycles. The molecule has 2 nitrogen and oxygen atoms in total. The van der Waals surface area contributed by atoms with Gasteiger partial charge in [-0.15, -0.1) is 11.8 Å². The molecule has 1 fully saturated rings. The van der Waals surface area contributed by atoms with Crippen molar-refractivity contribution in [2.45, 2.75) is 36.8 Å². The Labute approximate surface area is 106 Å². The summed E-state index contributed by atoms with van der Waals surface area (Å²) in [5.74, 6) is 1.68. The molecule has 16 heavy (non-hydrogen) atoms. The zero-order valence-electron chi connectivity index (χ0n) is 9.23. The number of nitrogens with two attached hydrogens (primary N) is 1. The summed E-state index contributed by atoms with van der Waals surface area (Å²) in [4.78, 5) is 4.25. The van der Waals surface area contributed by atoms with E-state index in [1.165, 1.54) is 25.7 Å². The molecule has 0 radical (unpaired) electrons. The molecular weight excluding hydrogens is 240 g/mol. The first-order chi connectivity index (χ1) is 7.75. The Kier molecular flexibility index (Phi) is 4.50. The van der Waals surface area contributed by atoms with Crippen LogP contribution < -0.4 is 5.73 Å². The lowest BCUT2D eigenvalue weighted by Gasteiger charge is -2.17. The fraction of sp³-hybridized carbons (Fsp3) is 0.583. The Morgan fingerprint density at radius 1 is 1.44 bits per heavy atom. The van der Waals surface area contributed by atoms with Crippen LogP contribution in [0.3, 0.4) is 0 Å². The normalized spacial score (nSPS) is 18.9. The van der Waals surface area contributed by atoms with E-state index in [1.807, 2.05) is 12.1 Å². The van der Waals surface area contributed by atoms with Crippen LogP contribution in [0.2, 0.25) is 5.02 Å². The Bertz CT molecular complexity index is 322. The summed E-state index contributed by atoms with van der Waals surface area (Å²) in [7, 11) is 0. The highest BCUT2D eigenvalue weighted by atomic mass is 35.5. The van der Waals surface area contributed by atoms with E-state index in [1.54, 1.807) is 18.0 Å². The molecule has 1 unspecified atom stereocenters. The molecule has 1 saturated carbocycles. The summed E-state index contributed by atoms with van der Waals surface area (Å²) in [5, 5.41) is 1.70. The van der Waals surface area contributed by atoms with Crippen molar-refractivity contribution in [3.8, 4) is 0 Å². The average molecular weight is 257 g/mol. The number of aromatic nitrogens is 1. The first-order valence-corrected chi connectivity index (χ1v) is 7.12. The molecular formula is C12H17ClN2S. The smallest absolute Gasteiger partial charge is 0.0961 e. The van der Waals surface area contributed by atoms with Crippen LogP contribution in [0.25, 0.3) is 0 Å². The van der Waals surface area contributed by atoms with Crippen molar-refractivity contribution in [1.82, 2.24) is 4.98 Å². The topological polar surface area (TPSA) is 38.9 Å². The van der Waals surface area contributed by atoms with Gasteiger partial charge in [0.2, 0.25) is 0 Å². The summed E-state index contributed by atoms with van der Waals surface area (Å²) in [6.07, 6.45) is 6.99. The van der Waals surface area contributed by atoms with Gasteiger partial charge in [0.1, 0.15) is 0 Å². The summed E-state index contributed by atoms with van der Waals surface area (Å²) >= 11 is 7.51. The Hall–Kier alpha value is -0.250. The van der Waals surface area contributed by atoms with Gasteiger partial charge in [0, 0.05) is 18.0 Å². The molecule has 1 aromatic heterocycles. The van der Waals surface area contributed by atoms with Gasteiger partial charge in [-0.05, 0) is 30.9 Å². The van der Waals surface area contributed by atoms with Crippen molar-refractivity contribution in [3.63, 3.8) is 0 Å². The molecule has 1 aliphatic carbocycles. The van der Waals surface area contributed by atoms with Crippen LogP contribution in [0.1, 0.15) is 25.7 Å². The first kappa shape index (κ1) is 12.2. The van der Waals surface area contributed by atoms with Crippen LogP contribution in [0, 0.1) is 5.92 Å². The number of halogens is 1. The van der Waals surface area contributed by atoms with E-state index >= 15 is 0 Å². The molecule has 1 aromatic rings. The van der Waals surface area contributed by atoms with Gasteiger partial charge in [-0.1, -0.05) is 24.4 Å².